The van der Waals surface area contributed by atoms with Crippen molar-refractivity contribution in [3.05, 3.63) is 34.9 Å². The van der Waals surface area contributed by atoms with Gasteiger partial charge in [-0.3, -0.25) is 4.79 Å². The molecule has 0 unspecified atom stereocenters. The van der Waals surface area contributed by atoms with E-state index in [1.54, 1.807) is 0 Å². The van der Waals surface area contributed by atoms with Gasteiger partial charge in [0.25, 0.3) is 5.91 Å². The zero-order chi connectivity index (χ0) is 15.6. The number of carboxylic acid groups (broad SMARTS) is 1. The number of amides is 1. The van der Waals surface area contributed by atoms with Gasteiger partial charge in [-0.2, -0.15) is 0 Å². The maximum atomic E-state index is 13.7. The van der Waals surface area contributed by atoms with Crippen molar-refractivity contribution in [2.45, 2.75) is 25.3 Å². The second-order valence-corrected chi connectivity index (χ2v) is 5.03. The van der Waals surface area contributed by atoms with Crippen LogP contribution in [0.4, 0.5) is 8.78 Å². The number of aryl methyl sites for hydroxylation is 1. The molecule has 2 rings (SSSR count). The Balaban J connectivity index is 2.28. The van der Waals surface area contributed by atoms with Crippen LogP contribution in [0, 0.1) is 18.6 Å². The number of ether oxygens (including phenoxy) is 1. The van der Waals surface area contributed by atoms with Crippen LogP contribution < -0.4 is 5.32 Å². The molecule has 0 radical (unpaired) electrons. The molecule has 1 fully saturated rings. The lowest BCUT2D eigenvalue weighted by Crippen LogP contribution is -2.57. The first-order valence-electron chi connectivity index (χ1n) is 6.45. The van der Waals surface area contributed by atoms with Crippen molar-refractivity contribution in [3.8, 4) is 0 Å². The molecule has 5 nitrogen and oxygen atoms in total. The van der Waals surface area contributed by atoms with Gasteiger partial charge in [0, 0.05) is 32.1 Å². The Hall–Kier alpha value is -2.02. The largest absolute Gasteiger partial charge is 0.480 e. The van der Waals surface area contributed by atoms with Gasteiger partial charge in [-0.25, -0.2) is 13.6 Å². The number of carbonyl (C=O) groups is 2. The molecule has 7 heteroatoms. The van der Waals surface area contributed by atoms with E-state index in [4.69, 9.17) is 4.74 Å². The van der Waals surface area contributed by atoms with E-state index >= 15 is 0 Å². The van der Waals surface area contributed by atoms with Crippen LogP contribution in [-0.4, -0.2) is 35.7 Å². The first kappa shape index (κ1) is 15.4. The van der Waals surface area contributed by atoms with Crippen LogP contribution >= 0.6 is 0 Å². The van der Waals surface area contributed by atoms with Crippen molar-refractivity contribution < 1.29 is 28.2 Å². The van der Waals surface area contributed by atoms with Gasteiger partial charge in [0.15, 0.2) is 0 Å². The fraction of sp³-hybridized carbons (Fsp3) is 0.429. The minimum atomic E-state index is -1.48. The molecule has 21 heavy (non-hydrogen) atoms. The number of carbonyl (C=O) groups excluding carboxylic acids is 1. The molecule has 0 aliphatic carbocycles. The smallest absolute Gasteiger partial charge is 0.329 e. The third kappa shape index (κ3) is 3.02. The molecule has 1 aromatic rings. The standard InChI is InChI=1S/C14H15F2NO4/c1-8-6-9(11(16)7-10(8)15)12(18)17-14(13(19)20)2-4-21-5-3-14/h6-7H,2-5H2,1H3,(H,17,18)(H,19,20). The van der Waals surface area contributed by atoms with Gasteiger partial charge in [-0.15, -0.1) is 0 Å². The van der Waals surface area contributed by atoms with Crippen molar-refractivity contribution in [1.29, 1.82) is 0 Å². The summed E-state index contributed by atoms with van der Waals surface area (Å²) in [5.74, 6) is -3.86. The summed E-state index contributed by atoms with van der Waals surface area (Å²) in [5, 5.41) is 11.7. The molecule has 1 aromatic carbocycles. The Morgan fingerprint density at radius 2 is 1.86 bits per heavy atom. The predicted octanol–water partition coefficient (Wildman–Crippen LogP) is 1.64. The molecule has 0 saturated carbocycles. The topological polar surface area (TPSA) is 75.6 Å². The number of rotatable bonds is 3. The molecule has 0 atom stereocenters. The number of nitrogens with one attached hydrogen (secondary N) is 1. The van der Waals surface area contributed by atoms with Crippen LogP contribution in [0.2, 0.25) is 0 Å². The summed E-state index contributed by atoms with van der Waals surface area (Å²) >= 11 is 0. The summed E-state index contributed by atoms with van der Waals surface area (Å²) in [7, 11) is 0. The average Bonchev–Trinajstić information content (AvgIpc) is 2.43. The number of carboxylic acids is 1. The fourth-order valence-corrected chi connectivity index (χ4v) is 2.23. The third-order valence-corrected chi connectivity index (χ3v) is 3.60. The van der Waals surface area contributed by atoms with Crippen molar-refractivity contribution >= 4 is 11.9 Å². The van der Waals surface area contributed by atoms with Crippen molar-refractivity contribution in [3.63, 3.8) is 0 Å². The number of benzene rings is 1. The normalized spacial score (nSPS) is 17.3. The zero-order valence-corrected chi connectivity index (χ0v) is 11.4. The highest BCUT2D eigenvalue weighted by atomic mass is 19.1. The molecule has 1 saturated heterocycles. The van der Waals surface area contributed by atoms with Gasteiger partial charge in [-0.1, -0.05) is 0 Å². The van der Waals surface area contributed by atoms with E-state index in [0.717, 1.165) is 6.07 Å². The fourth-order valence-electron chi connectivity index (χ4n) is 2.23. The Bertz CT molecular complexity index is 583. The highest BCUT2D eigenvalue weighted by Crippen LogP contribution is 2.23. The Kier molecular flexibility index (Phi) is 4.22. The van der Waals surface area contributed by atoms with Crippen LogP contribution in [0.1, 0.15) is 28.8 Å². The molecular weight excluding hydrogens is 284 g/mol. The minimum Gasteiger partial charge on any atom is -0.480 e. The molecule has 2 N–H and O–H groups in total. The zero-order valence-electron chi connectivity index (χ0n) is 11.4. The molecule has 0 aromatic heterocycles. The number of hydrogen-bond donors (Lipinski definition) is 2. The molecule has 0 spiro atoms. The van der Waals surface area contributed by atoms with Crippen LogP contribution in [-0.2, 0) is 9.53 Å². The van der Waals surface area contributed by atoms with Crippen molar-refractivity contribution in [1.82, 2.24) is 5.32 Å². The van der Waals surface area contributed by atoms with Crippen molar-refractivity contribution in [2.24, 2.45) is 0 Å². The van der Waals surface area contributed by atoms with E-state index in [2.05, 4.69) is 5.32 Å². The van der Waals surface area contributed by atoms with Crippen LogP contribution in [0.25, 0.3) is 0 Å². The molecule has 1 aliphatic rings. The summed E-state index contributed by atoms with van der Waals surface area (Å²) in [6.45, 7) is 1.78. The monoisotopic (exact) mass is 299 g/mol. The Morgan fingerprint density at radius 1 is 1.24 bits per heavy atom. The maximum Gasteiger partial charge on any atom is 0.329 e. The van der Waals surface area contributed by atoms with Gasteiger partial charge in [0.1, 0.15) is 17.2 Å². The van der Waals surface area contributed by atoms with Gasteiger partial charge in [-0.05, 0) is 18.6 Å². The van der Waals surface area contributed by atoms with Crippen LogP contribution in [0.15, 0.2) is 12.1 Å². The predicted molar refractivity (Wildman–Crippen MR) is 69.0 cm³/mol. The average molecular weight is 299 g/mol. The van der Waals surface area contributed by atoms with Crippen LogP contribution in [0.5, 0.6) is 0 Å². The van der Waals surface area contributed by atoms with Crippen LogP contribution in [0.3, 0.4) is 0 Å². The third-order valence-electron chi connectivity index (χ3n) is 3.60. The van der Waals surface area contributed by atoms with E-state index in [1.165, 1.54) is 6.92 Å². The summed E-state index contributed by atoms with van der Waals surface area (Å²) in [6, 6.07) is 1.68. The summed E-state index contributed by atoms with van der Waals surface area (Å²) in [6.07, 6.45) is 0.186. The summed E-state index contributed by atoms with van der Waals surface area (Å²) in [4.78, 5) is 23.6. The number of aliphatic carboxylic acids is 1. The lowest BCUT2D eigenvalue weighted by Gasteiger charge is -2.33. The second-order valence-electron chi connectivity index (χ2n) is 5.03. The number of hydrogen-bond acceptors (Lipinski definition) is 3. The molecule has 1 aliphatic heterocycles. The first-order chi connectivity index (χ1) is 9.85. The SMILES string of the molecule is Cc1cc(C(=O)NC2(C(=O)O)CCOCC2)c(F)cc1F. The highest BCUT2D eigenvalue weighted by molar-refractivity contribution is 5.98. The Morgan fingerprint density at radius 3 is 2.43 bits per heavy atom. The van der Waals surface area contributed by atoms with E-state index in [9.17, 15) is 23.5 Å². The summed E-state index contributed by atoms with van der Waals surface area (Å²) < 4.78 is 32.0. The molecular formula is C14H15F2NO4. The lowest BCUT2D eigenvalue weighted by molar-refractivity contribution is -0.148. The van der Waals surface area contributed by atoms with E-state index in [-0.39, 0.29) is 37.2 Å². The van der Waals surface area contributed by atoms with E-state index in [1.807, 2.05) is 0 Å². The minimum absolute atomic E-state index is 0.0931. The maximum absolute atomic E-state index is 13.7. The molecule has 114 valence electrons. The molecule has 0 bridgehead atoms. The van der Waals surface area contributed by atoms with E-state index in [0.29, 0.717) is 6.07 Å². The Labute approximate surface area is 119 Å². The molecule has 1 amide bonds. The van der Waals surface area contributed by atoms with Gasteiger partial charge in [0.05, 0.1) is 5.56 Å². The van der Waals surface area contributed by atoms with Gasteiger partial charge in [0.2, 0.25) is 0 Å². The highest BCUT2D eigenvalue weighted by Gasteiger charge is 2.42. The summed E-state index contributed by atoms with van der Waals surface area (Å²) in [5.41, 5.74) is -1.75. The van der Waals surface area contributed by atoms with Gasteiger partial charge >= 0.3 is 5.97 Å². The first-order valence-corrected chi connectivity index (χ1v) is 6.45. The quantitative estimate of drug-likeness (QED) is 0.889. The lowest BCUT2D eigenvalue weighted by atomic mass is 9.89. The van der Waals surface area contributed by atoms with E-state index < -0.39 is 29.0 Å². The molecule has 1 heterocycles. The second kappa shape index (κ2) is 5.77. The van der Waals surface area contributed by atoms with Crippen molar-refractivity contribution in [2.75, 3.05) is 13.2 Å². The number of halogens is 2. The van der Waals surface area contributed by atoms with Gasteiger partial charge < -0.3 is 15.2 Å².